The van der Waals surface area contributed by atoms with E-state index in [1.54, 1.807) is 6.07 Å². The van der Waals surface area contributed by atoms with E-state index in [1.807, 2.05) is 6.07 Å². The third-order valence-corrected chi connectivity index (χ3v) is 6.23. The van der Waals surface area contributed by atoms with Gasteiger partial charge in [0.05, 0.1) is 6.61 Å². The van der Waals surface area contributed by atoms with Gasteiger partial charge in [-0.3, -0.25) is 0 Å². The molecule has 0 amide bonds. The number of ether oxygens (including phenoxy) is 1. The summed E-state index contributed by atoms with van der Waals surface area (Å²) in [5.74, 6) is 1.68. The lowest BCUT2D eigenvalue weighted by Crippen LogP contribution is -2.13. The van der Waals surface area contributed by atoms with Gasteiger partial charge < -0.3 is 4.74 Å². The summed E-state index contributed by atoms with van der Waals surface area (Å²) in [6, 6.07) is 5.68. The van der Waals surface area contributed by atoms with E-state index in [2.05, 4.69) is 19.9 Å². The second-order valence-corrected chi connectivity index (χ2v) is 8.52. The molecule has 1 saturated carbocycles. The molecule has 1 aromatic rings. The highest BCUT2D eigenvalue weighted by Crippen LogP contribution is 2.38. The lowest BCUT2D eigenvalue weighted by atomic mass is 9.77. The fraction of sp³-hybridized carbons (Fsp3) is 0.760. The van der Waals surface area contributed by atoms with Crippen LogP contribution >= 0.6 is 0 Å². The van der Waals surface area contributed by atoms with E-state index in [-0.39, 0.29) is 5.82 Å². The fourth-order valence-electron chi connectivity index (χ4n) is 4.50. The molecular weight excluding hydrogens is 335 g/mol. The molecule has 0 radical (unpaired) electrons. The topological polar surface area (TPSA) is 9.23 Å². The van der Waals surface area contributed by atoms with Crippen molar-refractivity contribution in [2.45, 2.75) is 110 Å². The molecule has 1 nitrogen and oxygen atoms in total. The van der Waals surface area contributed by atoms with Gasteiger partial charge in [-0.05, 0) is 61.6 Å². The molecule has 2 rings (SSSR count). The summed E-state index contributed by atoms with van der Waals surface area (Å²) in [6.45, 7) is 5.15. The minimum Gasteiger partial charge on any atom is -0.491 e. The highest BCUT2D eigenvalue weighted by Gasteiger charge is 2.22. The number of unbranched alkanes of at least 4 members (excludes halogenated alkanes) is 7. The monoisotopic (exact) mass is 376 g/mol. The zero-order valence-electron chi connectivity index (χ0n) is 17.8. The SMILES string of the molecule is CCCCCCCCCCOc1ccc(C2CCC(CCC)CC2)cc1F. The maximum Gasteiger partial charge on any atom is 0.165 e. The second-order valence-electron chi connectivity index (χ2n) is 8.52. The highest BCUT2D eigenvalue weighted by atomic mass is 19.1. The van der Waals surface area contributed by atoms with Crippen molar-refractivity contribution in [2.24, 2.45) is 5.92 Å². The predicted octanol–water partition coefficient (Wildman–Crippen LogP) is 8.42. The van der Waals surface area contributed by atoms with Crippen LogP contribution < -0.4 is 4.74 Å². The lowest BCUT2D eigenvalue weighted by Gasteiger charge is -2.28. The van der Waals surface area contributed by atoms with Gasteiger partial charge in [-0.1, -0.05) is 77.7 Å². The maximum absolute atomic E-state index is 14.4. The molecule has 0 unspecified atom stereocenters. The van der Waals surface area contributed by atoms with Crippen LogP contribution in [-0.2, 0) is 0 Å². The van der Waals surface area contributed by atoms with Gasteiger partial charge in [-0.15, -0.1) is 0 Å². The molecule has 1 aliphatic carbocycles. The van der Waals surface area contributed by atoms with Gasteiger partial charge in [0.25, 0.3) is 0 Å². The van der Waals surface area contributed by atoms with Crippen LogP contribution in [0.25, 0.3) is 0 Å². The largest absolute Gasteiger partial charge is 0.491 e. The van der Waals surface area contributed by atoms with Crippen molar-refractivity contribution in [2.75, 3.05) is 6.61 Å². The van der Waals surface area contributed by atoms with Gasteiger partial charge >= 0.3 is 0 Å². The zero-order valence-corrected chi connectivity index (χ0v) is 17.8. The van der Waals surface area contributed by atoms with Crippen molar-refractivity contribution in [3.8, 4) is 5.75 Å². The number of halogens is 1. The van der Waals surface area contributed by atoms with Crippen molar-refractivity contribution in [3.63, 3.8) is 0 Å². The number of hydrogen-bond donors (Lipinski definition) is 0. The molecule has 27 heavy (non-hydrogen) atoms. The van der Waals surface area contributed by atoms with E-state index >= 15 is 0 Å². The molecule has 0 N–H and O–H groups in total. The third kappa shape index (κ3) is 8.23. The number of benzene rings is 1. The van der Waals surface area contributed by atoms with Gasteiger partial charge in [0.1, 0.15) is 0 Å². The Kier molecular flexibility index (Phi) is 10.9. The van der Waals surface area contributed by atoms with E-state index < -0.39 is 0 Å². The quantitative estimate of drug-likeness (QED) is 0.314. The van der Waals surface area contributed by atoms with Gasteiger partial charge in [0.2, 0.25) is 0 Å². The van der Waals surface area contributed by atoms with Crippen LogP contribution in [0.15, 0.2) is 18.2 Å². The van der Waals surface area contributed by atoms with Crippen molar-refractivity contribution < 1.29 is 9.13 Å². The van der Waals surface area contributed by atoms with E-state index in [0.29, 0.717) is 18.3 Å². The van der Waals surface area contributed by atoms with Crippen LogP contribution in [0.3, 0.4) is 0 Å². The Morgan fingerprint density at radius 1 is 0.852 bits per heavy atom. The van der Waals surface area contributed by atoms with Crippen LogP contribution in [0.1, 0.15) is 115 Å². The highest BCUT2D eigenvalue weighted by molar-refractivity contribution is 5.31. The summed E-state index contributed by atoms with van der Waals surface area (Å²) in [5.41, 5.74) is 1.17. The Labute approximate surface area is 167 Å². The minimum absolute atomic E-state index is 0.178. The van der Waals surface area contributed by atoms with E-state index in [4.69, 9.17) is 4.74 Å². The minimum atomic E-state index is -0.178. The molecule has 0 saturated heterocycles. The van der Waals surface area contributed by atoms with E-state index in [9.17, 15) is 4.39 Å². The molecular formula is C25H41FO. The Morgan fingerprint density at radius 2 is 1.52 bits per heavy atom. The average Bonchev–Trinajstić information content (AvgIpc) is 2.68. The first-order valence-corrected chi connectivity index (χ1v) is 11.7. The summed E-state index contributed by atoms with van der Waals surface area (Å²) < 4.78 is 20.1. The molecule has 1 fully saturated rings. The normalized spacial score (nSPS) is 20.0. The number of hydrogen-bond acceptors (Lipinski definition) is 1. The molecule has 0 spiro atoms. The summed E-state index contributed by atoms with van der Waals surface area (Å²) in [4.78, 5) is 0. The standard InChI is InChI=1S/C25H41FO/c1-3-5-6-7-8-9-10-11-19-27-25-18-17-23(20-24(25)26)22-15-13-21(12-4-2)14-16-22/h17-18,20-22H,3-16,19H2,1-2H3. The third-order valence-electron chi connectivity index (χ3n) is 6.23. The van der Waals surface area contributed by atoms with Crippen LogP contribution in [0, 0.1) is 11.7 Å². The molecule has 1 aliphatic rings. The second kappa shape index (κ2) is 13.2. The Bertz CT molecular complexity index is 505. The van der Waals surface area contributed by atoms with Gasteiger partial charge in [-0.2, -0.15) is 0 Å². The Balaban J connectivity index is 1.64. The maximum atomic E-state index is 14.4. The molecule has 0 aliphatic heterocycles. The first kappa shape index (κ1) is 22.2. The lowest BCUT2D eigenvalue weighted by molar-refractivity contribution is 0.288. The van der Waals surface area contributed by atoms with Crippen molar-refractivity contribution in [3.05, 3.63) is 29.6 Å². The Hall–Kier alpha value is -1.05. The van der Waals surface area contributed by atoms with E-state index in [0.717, 1.165) is 12.3 Å². The fourth-order valence-corrected chi connectivity index (χ4v) is 4.50. The summed E-state index contributed by atoms with van der Waals surface area (Å²) in [6.07, 6.45) is 17.9. The van der Waals surface area contributed by atoms with Crippen molar-refractivity contribution in [1.29, 1.82) is 0 Å². The average molecular weight is 377 g/mol. The molecule has 1 aromatic carbocycles. The molecule has 0 atom stereocenters. The summed E-state index contributed by atoms with van der Waals surface area (Å²) in [5, 5.41) is 0. The van der Waals surface area contributed by atoms with E-state index in [1.165, 1.54) is 89.0 Å². The first-order chi connectivity index (χ1) is 13.2. The zero-order chi connectivity index (χ0) is 19.3. The smallest absolute Gasteiger partial charge is 0.165 e. The summed E-state index contributed by atoms with van der Waals surface area (Å²) >= 11 is 0. The van der Waals surface area contributed by atoms with Gasteiger partial charge in [-0.25, -0.2) is 4.39 Å². The van der Waals surface area contributed by atoms with Crippen LogP contribution in [0.4, 0.5) is 4.39 Å². The molecule has 2 heteroatoms. The molecule has 0 bridgehead atoms. The van der Waals surface area contributed by atoms with Crippen LogP contribution in [-0.4, -0.2) is 6.61 Å². The molecule has 154 valence electrons. The molecule has 0 aromatic heterocycles. The van der Waals surface area contributed by atoms with Gasteiger partial charge in [0.15, 0.2) is 11.6 Å². The van der Waals surface area contributed by atoms with Gasteiger partial charge in [0, 0.05) is 0 Å². The first-order valence-electron chi connectivity index (χ1n) is 11.7. The number of rotatable bonds is 13. The predicted molar refractivity (Wildman–Crippen MR) is 114 cm³/mol. The Morgan fingerprint density at radius 3 is 2.15 bits per heavy atom. The van der Waals surface area contributed by atoms with Crippen molar-refractivity contribution in [1.82, 2.24) is 0 Å². The summed E-state index contributed by atoms with van der Waals surface area (Å²) in [7, 11) is 0. The molecule has 0 heterocycles. The van der Waals surface area contributed by atoms with Crippen molar-refractivity contribution >= 4 is 0 Å². The van der Waals surface area contributed by atoms with Crippen LogP contribution in [0.2, 0.25) is 0 Å². The van der Waals surface area contributed by atoms with Crippen LogP contribution in [0.5, 0.6) is 5.75 Å².